The number of rotatable bonds is 5. The van der Waals surface area contributed by atoms with Gasteiger partial charge in [0.05, 0.1) is 23.4 Å². The summed E-state index contributed by atoms with van der Waals surface area (Å²) in [5.41, 5.74) is 1.63. The van der Waals surface area contributed by atoms with E-state index in [9.17, 15) is 28.2 Å². The Balaban J connectivity index is 1.70. The molecule has 0 aliphatic carbocycles. The highest BCUT2D eigenvalue weighted by atomic mass is 19.1. The van der Waals surface area contributed by atoms with Crippen molar-refractivity contribution < 1.29 is 28.2 Å². The average Bonchev–Trinajstić information content (AvgIpc) is 3.24. The van der Waals surface area contributed by atoms with Gasteiger partial charge in [-0.25, -0.2) is 13.2 Å². The van der Waals surface area contributed by atoms with E-state index in [0.29, 0.717) is 22.2 Å². The maximum absolute atomic E-state index is 14.4. The first-order valence-electron chi connectivity index (χ1n) is 9.90. The van der Waals surface area contributed by atoms with Gasteiger partial charge in [-0.2, -0.15) is 0 Å². The summed E-state index contributed by atoms with van der Waals surface area (Å²) in [7, 11) is 0. The minimum absolute atomic E-state index is 0.0603. The molecule has 1 aliphatic rings. The van der Waals surface area contributed by atoms with E-state index in [4.69, 9.17) is 0 Å². The quantitative estimate of drug-likeness (QED) is 0.427. The van der Waals surface area contributed by atoms with Crippen LogP contribution in [0.3, 0.4) is 0 Å². The molecular formula is C22H22F3N3O3. The fourth-order valence-corrected chi connectivity index (χ4v) is 4.10. The van der Waals surface area contributed by atoms with Crippen molar-refractivity contribution in [3.05, 3.63) is 59.4 Å². The summed E-state index contributed by atoms with van der Waals surface area (Å²) in [5.74, 6) is -2.89. The van der Waals surface area contributed by atoms with Crippen LogP contribution in [0.4, 0.5) is 13.2 Å². The van der Waals surface area contributed by atoms with Crippen molar-refractivity contribution in [3.63, 3.8) is 0 Å². The highest BCUT2D eigenvalue weighted by molar-refractivity contribution is 5.92. The first-order chi connectivity index (χ1) is 14.7. The van der Waals surface area contributed by atoms with Crippen LogP contribution >= 0.6 is 0 Å². The van der Waals surface area contributed by atoms with Crippen LogP contribution < -0.4 is 10.6 Å². The number of nitrogens with one attached hydrogen (secondary N) is 3. The van der Waals surface area contributed by atoms with Crippen molar-refractivity contribution >= 4 is 16.8 Å². The van der Waals surface area contributed by atoms with Gasteiger partial charge in [0.2, 0.25) is 5.91 Å². The molecule has 2 unspecified atom stereocenters. The molecule has 0 radical (unpaired) electrons. The molecule has 1 fully saturated rings. The molecule has 2 heterocycles. The Kier molecular flexibility index (Phi) is 5.74. The van der Waals surface area contributed by atoms with Gasteiger partial charge in [-0.15, -0.1) is 0 Å². The molecule has 6 nitrogen and oxygen atoms in total. The maximum Gasteiger partial charge on any atom is 0.221 e. The van der Waals surface area contributed by atoms with Gasteiger partial charge in [-0.3, -0.25) is 10.1 Å². The van der Waals surface area contributed by atoms with E-state index in [2.05, 4.69) is 15.6 Å². The van der Waals surface area contributed by atoms with Crippen LogP contribution in [0.25, 0.3) is 22.2 Å². The summed E-state index contributed by atoms with van der Waals surface area (Å²) >= 11 is 0. The number of halogens is 3. The van der Waals surface area contributed by atoms with Crippen LogP contribution in [-0.2, 0) is 4.79 Å². The molecule has 1 aliphatic heterocycles. The lowest BCUT2D eigenvalue weighted by Gasteiger charge is -2.20. The van der Waals surface area contributed by atoms with E-state index in [1.807, 2.05) is 0 Å². The molecule has 0 saturated carbocycles. The SMILES string of the molecule is CC(CC(=O)N[C@@H]1C(O)NC[C@H]1O)c1c(-c2ccc(F)cc2)[nH]c2c(F)cc(F)cc12. The summed E-state index contributed by atoms with van der Waals surface area (Å²) in [6.45, 7) is 1.88. The summed E-state index contributed by atoms with van der Waals surface area (Å²) in [6.07, 6.45) is -2.06. The van der Waals surface area contributed by atoms with Gasteiger partial charge in [-0.1, -0.05) is 6.92 Å². The normalized spacial score (nSPS) is 22.1. The van der Waals surface area contributed by atoms with E-state index in [-0.39, 0.29) is 18.5 Å². The van der Waals surface area contributed by atoms with E-state index >= 15 is 0 Å². The predicted octanol–water partition coefficient (Wildman–Crippen LogP) is 2.51. The number of hydrogen-bond acceptors (Lipinski definition) is 4. The molecular weight excluding hydrogens is 411 g/mol. The molecule has 9 heteroatoms. The van der Waals surface area contributed by atoms with Gasteiger partial charge >= 0.3 is 0 Å². The van der Waals surface area contributed by atoms with Gasteiger partial charge in [0, 0.05) is 24.4 Å². The maximum atomic E-state index is 14.4. The molecule has 0 spiro atoms. The third-order valence-corrected chi connectivity index (χ3v) is 5.60. The number of aromatic amines is 1. The third-order valence-electron chi connectivity index (χ3n) is 5.60. The van der Waals surface area contributed by atoms with Crippen LogP contribution in [0, 0.1) is 17.5 Å². The number of fused-ring (bicyclic) bond motifs is 1. The minimum atomic E-state index is -1.07. The van der Waals surface area contributed by atoms with Gasteiger partial charge in [0.15, 0.2) is 0 Å². The standard InChI is InChI=1S/C22H22F3N3O3/c1-10(6-17(30)27-21-16(29)9-26-22(21)31)18-14-7-13(24)8-15(25)20(14)28-19(18)11-2-4-12(23)5-3-11/h2-5,7-8,10,16,21-22,26,28-29,31H,6,9H2,1H3,(H,27,30)/t10?,16-,21+,22?/m1/s1. The highest BCUT2D eigenvalue weighted by Gasteiger charge is 2.35. The fraction of sp³-hybridized carbons (Fsp3) is 0.318. The molecule has 1 aromatic heterocycles. The van der Waals surface area contributed by atoms with Crippen LogP contribution in [0.1, 0.15) is 24.8 Å². The van der Waals surface area contributed by atoms with Crippen LogP contribution in [0.15, 0.2) is 36.4 Å². The third kappa shape index (κ3) is 4.16. The van der Waals surface area contributed by atoms with Crippen molar-refractivity contribution in [2.24, 2.45) is 0 Å². The molecule has 1 amide bonds. The van der Waals surface area contributed by atoms with Gasteiger partial charge in [0.1, 0.15) is 23.7 Å². The number of H-pyrrole nitrogens is 1. The number of hydrogen-bond donors (Lipinski definition) is 5. The Bertz CT molecular complexity index is 1110. The molecule has 4 atom stereocenters. The average molecular weight is 433 g/mol. The molecule has 164 valence electrons. The van der Waals surface area contributed by atoms with Crippen LogP contribution in [0.5, 0.6) is 0 Å². The second kappa shape index (κ2) is 8.33. The van der Waals surface area contributed by atoms with Crippen LogP contribution in [0.2, 0.25) is 0 Å². The number of aliphatic hydroxyl groups is 2. The number of aromatic nitrogens is 1. The lowest BCUT2D eigenvalue weighted by Crippen LogP contribution is -2.48. The van der Waals surface area contributed by atoms with E-state index in [0.717, 1.165) is 6.07 Å². The number of β-amino-alcohol motifs (C(OH)–C–C–N with tert-alkyl or cyclic N) is 1. The van der Waals surface area contributed by atoms with Gasteiger partial charge < -0.3 is 20.5 Å². The second-order valence-electron chi connectivity index (χ2n) is 7.85. The molecule has 3 aromatic rings. The summed E-state index contributed by atoms with van der Waals surface area (Å²) in [6, 6.07) is 6.66. The van der Waals surface area contributed by atoms with Gasteiger partial charge in [0.25, 0.3) is 0 Å². The van der Waals surface area contributed by atoms with E-state index < -0.39 is 47.7 Å². The number of benzene rings is 2. The lowest BCUT2D eigenvalue weighted by atomic mass is 9.91. The monoisotopic (exact) mass is 433 g/mol. The molecule has 1 saturated heterocycles. The predicted molar refractivity (Wildman–Crippen MR) is 109 cm³/mol. The molecule has 4 rings (SSSR count). The topological polar surface area (TPSA) is 97.4 Å². The largest absolute Gasteiger partial charge is 0.389 e. The van der Waals surface area contributed by atoms with Crippen molar-refractivity contribution in [2.45, 2.75) is 37.6 Å². The van der Waals surface area contributed by atoms with Crippen molar-refractivity contribution in [1.29, 1.82) is 0 Å². The van der Waals surface area contributed by atoms with E-state index in [1.54, 1.807) is 6.92 Å². The zero-order chi connectivity index (χ0) is 22.3. The highest BCUT2D eigenvalue weighted by Crippen LogP contribution is 2.38. The Morgan fingerprint density at radius 1 is 1.16 bits per heavy atom. The number of aliphatic hydroxyl groups excluding tert-OH is 2. The Morgan fingerprint density at radius 2 is 1.87 bits per heavy atom. The Labute approximate surface area is 176 Å². The minimum Gasteiger partial charge on any atom is -0.389 e. The number of carbonyl (C=O) groups is 1. The first kappa shape index (κ1) is 21.4. The molecule has 2 aromatic carbocycles. The zero-order valence-electron chi connectivity index (χ0n) is 16.6. The van der Waals surface area contributed by atoms with Crippen LogP contribution in [-0.4, -0.2) is 46.0 Å². The van der Waals surface area contributed by atoms with Gasteiger partial charge in [-0.05, 0) is 47.4 Å². The smallest absolute Gasteiger partial charge is 0.221 e. The fourth-order valence-electron chi connectivity index (χ4n) is 4.10. The first-order valence-corrected chi connectivity index (χ1v) is 9.90. The van der Waals surface area contributed by atoms with Crippen molar-refractivity contribution in [1.82, 2.24) is 15.6 Å². The lowest BCUT2D eigenvalue weighted by molar-refractivity contribution is -0.123. The van der Waals surface area contributed by atoms with E-state index in [1.165, 1.54) is 30.3 Å². The zero-order valence-corrected chi connectivity index (χ0v) is 16.6. The van der Waals surface area contributed by atoms with Crippen molar-refractivity contribution in [2.75, 3.05) is 6.54 Å². The Morgan fingerprint density at radius 3 is 2.52 bits per heavy atom. The Hall–Kier alpha value is -2.88. The summed E-state index contributed by atoms with van der Waals surface area (Å²) < 4.78 is 41.8. The molecule has 0 bridgehead atoms. The molecule has 31 heavy (non-hydrogen) atoms. The number of amides is 1. The summed E-state index contributed by atoms with van der Waals surface area (Å²) in [5, 5.41) is 25.3. The van der Waals surface area contributed by atoms with Crippen molar-refractivity contribution in [3.8, 4) is 11.3 Å². The number of carbonyl (C=O) groups excluding carboxylic acids is 1. The second-order valence-corrected chi connectivity index (χ2v) is 7.85. The molecule has 5 N–H and O–H groups in total. The summed E-state index contributed by atoms with van der Waals surface area (Å²) in [4.78, 5) is 15.5.